The van der Waals surface area contributed by atoms with Gasteiger partial charge in [0.1, 0.15) is 17.9 Å². The fourth-order valence-corrected chi connectivity index (χ4v) is 10.3. The number of hydrogen-bond donors (Lipinski definition) is 4. The number of carbonyl (C=O) groups excluding carboxylic acids is 4. The number of nitrogens with two attached hydrogens (primary N) is 1. The van der Waals surface area contributed by atoms with Crippen LogP contribution >= 0.6 is 0 Å². The second-order valence-corrected chi connectivity index (χ2v) is 18.2. The zero-order valence-electron chi connectivity index (χ0n) is 37.1. The first-order valence-electron chi connectivity index (χ1n) is 22.4. The van der Waals surface area contributed by atoms with Gasteiger partial charge in [0.2, 0.25) is 11.8 Å². The number of alkyl carbamates (subject to hydrolysis) is 2. The molecule has 63 heavy (non-hydrogen) atoms. The van der Waals surface area contributed by atoms with Crippen LogP contribution in [-0.2, 0) is 19.1 Å². The molecule has 0 spiro atoms. The SMILES string of the molecule is COC(=O)NC(C(=O)N1CCCC1C=Nc1ccc(-c2ccc(-c3ccc(-c4cnc(C5CCCN5C(=O)C(NC(=O)OC)C(C)C)[nH]4)c4c3C3CCC4C3)cc2)cc1N)C(C)C. The van der Waals surface area contributed by atoms with Crippen LogP contribution < -0.4 is 16.4 Å². The van der Waals surface area contributed by atoms with Crippen molar-refractivity contribution in [2.45, 2.75) is 109 Å². The van der Waals surface area contributed by atoms with Crippen molar-refractivity contribution in [3.63, 3.8) is 0 Å². The maximum Gasteiger partial charge on any atom is 0.407 e. The number of aromatic nitrogens is 2. The summed E-state index contributed by atoms with van der Waals surface area (Å²) in [5.41, 5.74) is 17.2. The summed E-state index contributed by atoms with van der Waals surface area (Å²) in [5.74, 6) is 1.30. The van der Waals surface area contributed by atoms with Crippen molar-refractivity contribution in [2.24, 2.45) is 16.8 Å². The Balaban J connectivity index is 0.983. The summed E-state index contributed by atoms with van der Waals surface area (Å²) in [6.07, 6.45) is 9.27. The zero-order valence-corrected chi connectivity index (χ0v) is 37.1. The van der Waals surface area contributed by atoms with Crippen LogP contribution in [0.3, 0.4) is 0 Å². The number of imidazole rings is 1. The van der Waals surface area contributed by atoms with E-state index < -0.39 is 24.3 Å². The van der Waals surface area contributed by atoms with Crippen LogP contribution in [0.5, 0.6) is 0 Å². The molecule has 4 aliphatic rings. The predicted molar refractivity (Wildman–Crippen MR) is 244 cm³/mol. The molecule has 1 saturated carbocycles. The Morgan fingerprint density at radius 1 is 0.762 bits per heavy atom. The standard InChI is InChI=1S/C49H60N8O6/c1-27(2)43(54-48(60)62-5)46(58)56-21-7-9-34(56)25-51-38-20-17-31(24-37(38)50)29-11-13-30(14-12-29)35-18-19-36(42-33-16-15-32(23-33)41(35)42)39-26-52-45(53-39)40-10-8-22-57(40)47(59)44(28(3)4)55-49(61)63-6/h11-14,17-20,24-28,32-34,40,43-44H,7-10,15-16,21-23,50H2,1-6H3,(H,52,53)(H,54,60)(H,55,61). The van der Waals surface area contributed by atoms with Gasteiger partial charge in [0, 0.05) is 24.9 Å². The summed E-state index contributed by atoms with van der Waals surface area (Å²) in [4.78, 5) is 68.1. The fourth-order valence-electron chi connectivity index (χ4n) is 10.3. The van der Waals surface area contributed by atoms with Crippen LogP contribution in [0.1, 0.15) is 107 Å². The Bertz CT molecular complexity index is 2390. The molecule has 2 aliphatic heterocycles. The van der Waals surface area contributed by atoms with Gasteiger partial charge >= 0.3 is 12.2 Å². The average Bonchev–Trinajstić information content (AvgIpc) is 4.15. The number of likely N-dealkylation sites (tertiary alicyclic amines) is 2. The molecule has 3 aromatic carbocycles. The first kappa shape index (κ1) is 43.5. The molecule has 3 heterocycles. The smallest absolute Gasteiger partial charge is 0.407 e. The van der Waals surface area contributed by atoms with Crippen LogP contribution in [0.4, 0.5) is 21.0 Å². The van der Waals surface area contributed by atoms with Crippen LogP contribution in [0.15, 0.2) is 65.8 Å². The van der Waals surface area contributed by atoms with E-state index in [1.807, 2.05) is 57.0 Å². The number of carbonyl (C=O) groups is 4. The molecule has 1 aromatic heterocycles. The quantitative estimate of drug-likeness (QED) is 0.0808. The van der Waals surface area contributed by atoms with Crippen molar-refractivity contribution in [2.75, 3.05) is 33.0 Å². The van der Waals surface area contributed by atoms with E-state index in [2.05, 4.69) is 52.0 Å². The number of rotatable bonds is 12. The van der Waals surface area contributed by atoms with Gasteiger partial charge in [0.25, 0.3) is 0 Å². The lowest BCUT2D eigenvalue weighted by Crippen LogP contribution is -2.52. The number of aromatic amines is 1. The molecule has 3 fully saturated rings. The number of nitrogens with one attached hydrogen (secondary N) is 3. The first-order chi connectivity index (χ1) is 30.4. The van der Waals surface area contributed by atoms with Crippen molar-refractivity contribution < 1.29 is 28.7 Å². The van der Waals surface area contributed by atoms with Crippen LogP contribution in [0, 0.1) is 11.8 Å². The van der Waals surface area contributed by atoms with Gasteiger partial charge in [-0.2, -0.15) is 0 Å². The van der Waals surface area contributed by atoms with E-state index in [4.69, 9.17) is 25.2 Å². The van der Waals surface area contributed by atoms with Crippen LogP contribution in [-0.4, -0.2) is 95.4 Å². The Morgan fingerprint density at radius 2 is 1.33 bits per heavy atom. The minimum atomic E-state index is -0.688. The van der Waals surface area contributed by atoms with E-state index in [1.54, 1.807) is 11.1 Å². The fraction of sp³-hybridized carbons (Fsp3) is 0.469. The third-order valence-electron chi connectivity index (χ3n) is 13.6. The molecule has 14 heteroatoms. The van der Waals surface area contributed by atoms with E-state index >= 15 is 0 Å². The molecule has 6 atom stereocenters. The number of nitrogens with zero attached hydrogens (tertiary/aromatic N) is 4. The summed E-state index contributed by atoms with van der Waals surface area (Å²) in [5, 5.41) is 5.42. The Labute approximate surface area is 369 Å². The second kappa shape index (κ2) is 18.3. The van der Waals surface area contributed by atoms with Crippen molar-refractivity contribution in [3.05, 3.63) is 77.7 Å². The molecule has 4 aromatic rings. The lowest BCUT2D eigenvalue weighted by molar-refractivity contribution is -0.135. The summed E-state index contributed by atoms with van der Waals surface area (Å²) < 4.78 is 9.57. The van der Waals surface area contributed by atoms with E-state index in [0.29, 0.717) is 36.3 Å². The van der Waals surface area contributed by atoms with Crippen molar-refractivity contribution >= 4 is 41.6 Å². The maximum atomic E-state index is 13.8. The van der Waals surface area contributed by atoms with E-state index in [9.17, 15) is 19.2 Å². The number of hydrogen-bond acceptors (Lipinski definition) is 9. The monoisotopic (exact) mass is 856 g/mol. The Morgan fingerprint density at radius 3 is 1.97 bits per heavy atom. The summed E-state index contributed by atoms with van der Waals surface area (Å²) in [6, 6.07) is 17.3. The highest BCUT2D eigenvalue weighted by atomic mass is 16.5. The number of H-pyrrole nitrogens is 1. The van der Waals surface area contributed by atoms with Crippen LogP contribution in [0.25, 0.3) is 33.5 Å². The molecule has 6 unspecified atom stereocenters. The molecule has 0 radical (unpaired) electrons. The summed E-state index contributed by atoms with van der Waals surface area (Å²) in [6.45, 7) is 8.84. The lowest BCUT2D eigenvalue weighted by Gasteiger charge is -2.30. The molecule has 8 rings (SSSR count). The Hall–Kier alpha value is -6.18. The van der Waals surface area contributed by atoms with Gasteiger partial charge in [-0.15, -0.1) is 0 Å². The molecular weight excluding hydrogens is 797 g/mol. The van der Waals surface area contributed by atoms with E-state index in [0.717, 1.165) is 54.7 Å². The highest BCUT2D eigenvalue weighted by molar-refractivity contribution is 5.90. The molecule has 2 bridgehead atoms. The number of fused-ring (bicyclic) bond motifs is 5. The highest BCUT2D eigenvalue weighted by Gasteiger charge is 2.42. The topological polar surface area (TPSA) is 184 Å². The van der Waals surface area contributed by atoms with Gasteiger partial charge in [0.15, 0.2) is 0 Å². The normalized spacial score (nSPS) is 21.3. The molecule has 4 amide bonds. The van der Waals surface area contributed by atoms with Gasteiger partial charge in [-0.3, -0.25) is 14.6 Å². The van der Waals surface area contributed by atoms with E-state index in [1.165, 1.54) is 54.9 Å². The molecular formula is C49H60N8O6. The van der Waals surface area contributed by atoms with Gasteiger partial charge in [-0.05, 0) is 114 Å². The number of anilines is 1. The first-order valence-corrected chi connectivity index (χ1v) is 22.4. The zero-order chi connectivity index (χ0) is 44.5. The second-order valence-electron chi connectivity index (χ2n) is 18.2. The molecule has 2 saturated heterocycles. The van der Waals surface area contributed by atoms with Crippen molar-refractivity contribution in [3.8, 4) is 33.5 Å². The molecule has 14 nitrogen and oxygen atoms in total. The minimum absolute atomic E-state index is 0.103. The van der Waals surface area contributed by atoms with Crippen molar-refractivity contribution in [1.29, 1.82) is 0 Å². The third-order valence-corrected chi connectivity index (χ3v) is 13.6. The summed E-state index contributed by atoms with van der Waals surface area (Å²) in [7, 11) is 2.59. The molecule has 5 N–H and O–H groups in total. The number of aliphatic imine (C=N–C) groups is 1. The largest absolute Gasteiger partial charge is 0.453 e. The van der Waals surface area contributed by atoms with Crippen LogP contribution in [0.2, 0.25) is 0 Å². The minimum Gasteiger partial charge on any atom is -0.453 e. The number of methoxy groups -OCH3 is 2. The van der Waals surface area contributed by atoms with E-state index in [-0.39, 0.29) is 35.7 Å². The number of ether oxygens (including phenoxy) is 2. The highest BCUT2D eigenvalue weighted by Crippen LogP contribution is 2.58. The number of nitrogen functional groups attached to an aromatic ring is 1. The maximum absolute atomic E-state index is 13.8. The number of amides is 4. The average molecular weight is 857 g/mol. The third kappa shape index (κ3) is 8.64. The van der Waals surface area contributed by atoms with Gasteiger partial charge in [-0.1, -0.05) is 70.2 Å². The molecule has 2 aliphatic carbocycles. The van der Waals surface area contributed by atoms with Gasteiger partial charge in [-0.25, -0.2) is 14.6 Å². The number of benzene rings is 3. The predicted octanol–water partition coefficient (Wildman–Crippen LogP) is 8.48. The summed E-state index contributed by atoms with van der Waals surface area (Å²) >= 11 is 0. The van der Waals surface area contributed by atoms with Crippen molar-refractivity contribution in [1.82, 2.24) is 30.4 Å². The molecule has 332 valence electrons. The lowest BCUT2D eigenvalue weighted by atomic mass is 9.82. The Kier molecular flexibility index (Phi) is 12.6. The van der Waals surface area contributed by atoms with Gasteiger partial charge in [0.05, 0.1) is 49.6 Å². The van der Waals surface area contributed by atoms with Gasteiger partial charge < -0.3 is 40.6 Å².